The lowest BCUT2D eigenvalue weighted by molar-refractivity contribution is 0.0697. The summed E-state index contributed by atoms with van der Waals surface area (Å²) in [6.07, 6.45) is 0. The van der Waals surface area contributed by atoms with E-state index in [1.165, 1.54) is 30.3 Å². The van der Waals surface area contributed by atoms with Crippen LogP contribution in [-0.2, 0) is 0 Å². The Morgan fingerprint density at radius 2 is 1.94 bits per heavy atom. The summed E-state index contributed by atoms with van der Waals surface area (Å²) >= 11 is 11.4. The molecule has 0 aliphatic heterocycles. The fourth-order valence-electron chi connectivity index (χ4n) is 1.42. The van der Waals surface area contributed by atoms with Crippen LogP contribution in [0.4, 0.5) is 4.39 Å². The zero-order valence-electron chi connectivity index (χ0n) is 8.82. The molecule has 92 valence electrons. The largest absolute Gasteiger partial charge is 0.478 e. The second-order valence-electron chi connectivity index (χ2n) is 3.50. The van der Waals surface area contributed by atoms with E-state index in [2.05, 4.69) is 4.98 Å². The van der Waals surface area contributed by atoms with Crippen molar-refractivity contribution >= 4 is 29.2 Å². The molecular weight excluding hydrogens is 280 g/mol. The second-order valence-corrected chi connectivity index (χ2v) is 4.29. The first-order valence-electron chi connectivity index (χ1n) is 4.83. The minimum Gasteiger partial charge on any atom is -0.478 e. The summed E-state index contributed by atoms with van der Waals surface area (Å²) < 4.78 is 13.0. The smallest absolute Gasteiger partial charge is 0.335 e. The molecule has 0 unspecified atom stereocenters. The number of halogens is 3. The number of benzene rings is 1. The number of hydrogen-bond donors (Lipinski definition) is 1. The highest BCUT2D eigenvalue weighted by Crippen LogP contribution is 2.25. The van der Waals surface area contributed by atoms with E-state index in [1.807, 2.05) is 0 Å². The minimum absolute atomic E-state index is 0.00504. The van der Waals surface area contributed by atoms with Crippen LogP contribution in [0.25, 0.3) is 11.3 Å². The summed E-state index contributed by atoms with van der Waals surface area (Å²) in [4.78, 5) is 14.9. The van der Waals surface area contributed by atoms with E-state index in [0.29, 0.717) is 11.3 Å². The van der Waals surface area contributed by atoms with Crippen LogP contribution in [0.5, 0.6) is 0 Å². The zero-order valence-corrected chi connectivity index (χ0v) is 10.3. The monoisotopic (exact) mass is 285 g/mol. The molecule has 3 nitrogen and oxygen atoms in total. The molecular formula is C12H6Cl2FNO2. The Kier molecular flexibility index (Phi) is 3.50. The third-order valence-electron chi connectivity index (χ3n) is 2.26. The molecule has 1 heterocycles. The fourth-order valence-corrected chi connectivity index (χ4v) is 1.81. The van der Waals surface area contributed by atoms with E-state index in [4.69, 9.17) is 28.3 Å². The Morgan fingerprint density at radius 3 is 2.56 bits per heavy atom. The number of rotatable bonds is 2. The molecule has 0 amide bonds. The van der Waals surface area contributed by atoms with Crippen molar-refractivity contribution in [1.29, 1.82) is 0 Å². The summed E-state index contributed by atoms with van der Waals surface area (Å²) in [7, 11) is 0. The molecule has 0 saturated heterocycles. The topological polar surface area (TPSA) is 50.2 Å². The third kappa shape index (κ3) is 2.60. The molecule has 2 rings (SSSR count). The predicted octanol–water partition coefficient (Wildman–Crippen LogP) is 3.89. The van der Waals surface area contributed by atoms with Crippen LogP contribution in [0.3, 0.4) is 0 Å². The van der Waals surface area contributed by atoms with Gasteiger partial charge in [-0.05, 0) is 30.3 Å². The van der Waals surface area contributed by atoms with Gasteiger partial charge < -0.3 is 5.11 Å². The molecule has 2 aromatic rings. The zero-order chi connectivity index (χ0) is 13.3. The van der Waals surface area contributed by atoms with Gasteiger partial charge in [0.2, 0.25) is 0 Å². The maximum absolute atomic E-state index is 13.0. The third-order valence-corrected chi connectivity index (χ3v) is 2.74. The van der Waals surface area contributed by atoms with Crippen molar-refractivity contribution in [2.24, 2.45) is 0 Å². The molecule has 0 radical (unpaired) electrons. The Bertz CT molecular complexity index is 631. The lowest BCUT2D eigenvalue weighted by atomic mass is 10.1. The number of hydrogen-bond acceptors (Lipinski definition) is 2. The lowest BCUT2D eigenvalue weighted by Crippen LogP contribution is -1.98. The summed E-state index contributed by atoms with van der Waals surface area (Å²) in [6.45, 7) is 0. The van der Waals surface area contributed by atoms with Crippen LogP contribution < -0.4 is 0 Å². The van der Waals surface area contributed by atoms with Gasteiger partial charge in [-0.3, -0.25) is 0 Å². The molecule has 1 N–H and O–H groups in total. The van der Waals surface area contributed by atoms with Crippen LogP contribution in [-0.4, -0.2) is 16.1 Å². The van der Waals surface area contributed by atoms with Crippen LogP contribution in [0, 0.1) is 5.82 Å². The second kappa shape index (κ2) is 4.92. The first kappa shape index (κ1) is 12.8. The van der Waals surface area contributed by atoms with Crippen molar-refractivity contribution < 1.29 is 14.3 Å². The van der Waals surface area contributed by atoms with E-state index < -0.39 is 11.8 Å². The summed E-state index contributed by atoms with van der Waals surface area (Å²) in [5, 5.41) is 8.89. The van der Waals surface area contributed by atoms with Gasteiger partial charge in [-0.1, -0.05) is 23.2 Å². The molecule has 0 saturated carbocycles. The van der Waals surface area contributed by atoms with Gasteiger partial charge in [-0.25, -0.2) is 14.2 Å². The first-order valence-corrected chi connectivity index (χ1v) is 5.59. The standard InChI is InChI=1S/C12H6Cl2FNO2/c13-8-3-6(1-2-9(8)15)10-4-7(12(17)18)5-11(14)16-10/h1-5H,(H,17,18). The van der Waals surface area contributed by atoms with Crippen molar-refractivity contribution in [2.45, 2.75) is 0 Å². The molecule has 1 aromatic heterocycles. The van der Waals surface area contributed by atoms with Gasteiger partial charge >= 0.3 is 5.97 Å². The van der Waals surface area contributed by atoms with Crippen molar-refractivity contribution in [1.82, 2.24) is 4.98 Å². The SMILES string of the molecule is O=C(O)c1cc(Cl)nc(-c2ccc(F)c(Cl)c2)c1. The number of aromatic nitrogens is 1. The molecule has 0 bridgehead atoms. The van der Waals surface area contributed by atoms with Crippen molar-refractivity contribution in [3.8, 4) is 11.3 Å². The van der Waals surface area contributed by atoms with E-state index >= 15 is 0 Å². The van der Waals surface area contributed by atoms with Crippen molar-refractivity contribution in [3.63, 3.8) is 0 Å². The van der Waals surface area contributed by atoms with Gasteiger partial charge in [0.05, 0.1) is 16.3 Å². The molecule has 6 heteroatoms. The molecule has 18 heavy (non-hydrogen) atoms. The number of nitrogens with zero attached hydrogens (tertiary/aromatic N) is 1. The van der Waals surface area contributed by atoms with Crippen LogP contribution in [0.1, 0.15) is 10.4 Å². The number of carboxylic acid groups (broad SMARTS) is 1. The number of carbonyl (C=O) groups is 1. The molecule has 0 aliphatic rings. The van der Waals surface area contributed by atoms with Gasteiger partial charge in [0.15, 0.2) is 0 Å². The Hall–Kier alpha value is -1.65. The highest BCUT2D eigenvalue weighted by atomic mass is 35.5. The molecule has 0 spiro atoms. The molecule has 0 atom stereocenters. The quantitative estimate of drug-likeness (QED) is 0.852. The van der Waals surface area contributed by atoms with E-state index in [1.54, 1.807) is 0 Å². The maximum atomic E-state index is 13.0. The van der Waals surface area contributed by atoms with Crippen molar-refractivity contribution in [3.05, 3.63) is 51.9 Å². The summed E-state index contributed by atoms with van der Waals surface area (Å²) in [6, 6.07) is 6.57. The first-order chi connectivity index (χ1) is 8.47. The highest BCUT2D eigenvalue weighted by Gasteiger charge is 2.10. The summed E-state index contributed by atoms with van der Waals surface area (Å²) in [5.74, 6) is -1.67. The van der Waals surface area contributed by atoms with Gasteiger partial charge in [0.1, 0.15) is 11.0 Å². The van der Waals surface area contributed by atoms with Crippen LogP contribution in [0.15, 0.2) is 30.3 Å². The lowest BCUT2D eigenvalue weighted by Gasteiger charge is -2.04. The predicted molar refractivity (Wildman–Crippen MR) is 66.6 cm³/mol. The number of pyridine rings is 1. The van der Waals surface area contributed by atoms with Crippen molar-refractivity contribution in [2.75, 3.05) is 0 Å². The minimum atomic E-state index is -1.12. The van der Waals surface area contributed by atoms with Gasteiger partial charge in [0.25, 0.3) is 0 Å². The normalized spacial score (nSPS) is 10.4. The number of aromatic carboxylic acids is 1. The van der Waals surface area contributed by atoms with Crippen LogP contribution >= 0.6 is 23.2 Å². The fraction of sp³-hybridized carbons (Fsp3) is 0. The Balaban J connectivity index is 2.56. The van der Waals surface area contributed by atoms with Gasteiger partial charge in [-0.15, -0.1) is 0 Å². The van der Waals surface area contributed by atoms with E-state index in [-0.39, 0.29) is 15.7 Å². The average Bonchev–Trinajstić information content (AvgIpc) is 2.31. The van der Waals surface area contributed by atoms with E-state index in [0.717, 1.165) is 0 Å². The highest BCUT2D eigenvalue weighted by molar-refractivity contribution is 6.31. The van der Waals surface area contributed by atoms with Gasteiger partial charge in [-0.2, -0.15) is 0 Å². The molecule has 0 fully saturated rings. The van der Waals surface area contributed by atoms with E-state index in [9.17, 15) is 9.18 Å². The molecule has 0 aliphatic carbocycles. The molecule has 1 aromatic carbocycles. The Labute approximate surface area is 112 Å². The summed E-state index contributed by atoms with van der Waals surface area (Å²) in [5.41, 5.74) is 0.818. The van der Waals surface area contributed by atoms with Gasteiger partial charge in [0, 0.05) is 5.56 Å². The number of carboxylic acids is 1. The Morgan fingerprint density at radius 1 is 1.22 bits per heavy atom. The average molecular weight is 286 g/mol. The maximum Gasteiger partial charge on any atom is 0.335 e. The van der Waals surface area contributed by atoms with Crippen LogP contribution in [0.2, 0.25) is 10.2 Å².